The van der Waals surface area contributed by atoms with Crippen molar-refractivity contribution < 1.29 is 14.3 Å². The minimum atomic E-state index is -0.353. The lowest BCUT2D eigenvalue weighted by atomic mass is 9.87. The van der Waals surface area contributed by atoms with Crippen LogP contribution < -0.4 is 0 Å². The van der Waals surface area contributed by atoms with Crippen LogP contribution in [0.1, 0.15) is 31.7 Å². The fraction of sp³-hybridized carbons (Fsp3) is 0.333. The standard InChI is InChI=1S/C15H16O3/c1-11(16)18-10-14-13(8-5-9-15(14)17)12-6-3-2-4-7-12/h2-4,6-7H,5,8-10H2,1H3. The first-order valence-electron chi connectivity index (χ1n) is 6.12. The predicted octanol–water partition coefficient (Wildman–Crippen LogP) is 2.76. The van der Waals surface area contributed by atoms with Gasteiger partial charge in [0.2, 0.25) is 0 Å². The Balaban J connectivity index is 2.33. The van der Waals surface area contributed by atoms with Crippen molar-refractivity contribution in [2.45, 2.75) is 26.2 Å². The van der Waals surface area contributed by atoms with Crippen LogP contribution in [-0.2, 0) is 14.3 Å². The molecular weight excluding hydrogens is 228 g/mol. The van der Waals surface area contributed by atoms with Crippen molar-refractivity contribution in [1.29, 1.82) is 0 Å². The topological polar surface area (TPSA) is 43.4 Å². The van der Waals surface area contributed by atoms with Gasteiger partial charge in [-0.2, -0.15) is 0 Å². The van der Waals surface area contributed by atoms with Crippen LogP contribution in [0.3, 0.4) is 0 Å². The van der Waals surface area contributed by atoms with Gasteiger partial charge in [0, 0.05) is 18.9 Å². The van der Waals surface area contributed by atoms with Gasteiger partial charge in [-0.05, 0) is 24.0 Å². The number of rotatable bonds is 3. The van der Waals surface area contributed by atoms with Crippen LogP contribution in [0, 0.1) is 0 Å². The van der Waals surface area contributed by atoms with E-state index in [1.165, 1.54) is 6.92 Å². The Kier molecular flexibility index (Phi) is 3.92. The third-order valence-electron chi connectivity index (χ3n) is 3.07. The van der Waals surface area contributed by atoms with Crippen molar-refractivity contribution in [3.05, 3.63) is 41.5 Å². The Morgan fingerprint density at radius 3 is 2.61 bits per heavy atom. The van der Waals surface area contributed by atoms with Gasteiger partial charge in [0.05, 0.1) is 0 Å². The molecule has 0 bridgehead atoms. The van der Waals surface area contributed by atoms with Gasteiger partial charge in [0.15, 0.2) is 5.78 Å². The molecule has 0 unspecified atom stereocenters. The minimum Gasteiger partial charge on any atom is -0.461 e. The highest BCUT2D eigenvalue weighted by Crippen LogP contribution is 2.30. The summed E-state index contributed by atoms with van der Waals surface area (Å²) >= 11 is 0. The van der Waals surface area contributed by atoms with E-state index in [4.69, 9.17) is 4.74 Å². The number of hydrogen-bond acceptors (Lipinski definition) is 3. The highest BCUT2D eigenvalue weighted by molar-refractivity contribution is 6.04. The molecule has 0 N–H and O–H groups in total. The van der Waals surface area contributed by atoms with Gasteiger partial charge in [-0.25, -0.2) is 0 Å². The van der Waals surface area contributed by atoms with Crippen molar-refractivity contribution >= 4 is 17.3 Å². The van der Waals surface area contributed by atoms with Crippen LogP contribution in [0.5, 0.6) is 0 Å². The molecule has 1 aromatic rings. The van der Waals surface area contributed by atoms with Gasteiger partial charge in [-0.3, -0.25) is 9.59 Å². The maximum Gasteiger partial charge on any atom is 0.302 e. The molecule has 0 saturated carbocycles. The summed E-state index contributed by atoms with van der Waals surface area (Å²) in [6.45, 7) is 1.45. The highest BCUT2D eigenvalue weighted by Gasteiger charge is 2.22. The van der Waals surface area contributed by atoms with E-state index in [0.29, 0.717) is 12.0 Å². The normalized spacial score (nSPS) is 15.7. The number of benzene rings is 1. The second kappa shape index (κ2) is 5.63. The van der Waals surface area contributed by atoms with Crippen LogP contribution in [-0.4, -0.2) is 18.4 Å². The van der Waals surface area contributed by atoms with Gasteiger partial charge in [-0.1, -0.05) is 30.3 Å². The summed E-state index contributed by atoms with van der Waals surface area (Å²) in [6.07, 6.45) is 2.28. The molecule has 3 nitrogen and oxygen atoms in total. The molecule has 3 heteroatoms. The van der Waals surface area contributed by atoms with Crippen molar-refractivity contribution in [1.82, 2.24) is 0 Å². The van der Waals surface area contributed by atoms with Crippen LogP contribution in [0.4, 0.5) is 0 Å². The Labute approximate surface area is 106 Å². The van der Waals surface area contributed by atoms with E-state index in [1.807, 2.05) is 30.3 Å². The summed E-state index contributed by atoms with van der Waals surface area (Å²) in [7, 11) is 0. The summed E-state index contributed by atoms with van der Waals surface area (Å²) in [6, 6.07) is 9.82. The average molecular weight is 244 g/mol. The molecule has 1 aliphatic rings. The summed E-state index contributed by atoms with van der Waals surface area (Å²) in [5.74, 6) is -0.255. The quantitative estimate of drug-likeness (QED) is 0.768. The van der Waals surface area contributed by atoms with E-state index in [2.05, 4.69) is 0 Å². The third kappa shape index (κ3) is 2.86. The zero-order chi connectivity index (χ0) is 13.0. The monoisotopic (exact) mass is 244 g/mol. The van der Waals surface area contributed by atoms with E-state index in [9.17, 15) is 9.59 Å². The lowest BCUT2D eigenvalue weighted by Crippen LogP contribution is -2.17. The Hall–Kier alpha value is -1.90. The Bertz CT molecular complexity index is 486. The molecule has 0 aliphatic heterocycles. The Morgan fingerprint density at radius 1 is 1.22 bits per heavy atom. The lowest BCUT2D eigenvalue weighted by Gasteiger charge is -2.19. The van der Waals surface area contributed by atoms with E-state index in [-0.39, 0.29) is 18.4 Å². The maximum atomic E-state index is 11.9. The van der Waals surface area contributed by atoms with Gasteiger partial charge in [0.25, 0.3) is 0 Å². The minimum absolute atomic E-state index is 0.0956. The Morgan fingerprint density at radius 2 is 1.94 bits per heavy atom. The van der Waals surface area contributed by atoms with E-state index in [0.717, 1.165) is 24.0 Å². The van der Waals surface area contributed by atoms with E-state index >= 15 is 0 Å². The molecule has 1 aliphatic carbocycles. The first kappa shape index (κ1) is 12.6. The predicted molar refractivity (Wildman–Crippen MR) is 68.9 cm³/mol. The first-order chi connectivity index (χ1) is 8.68. The van der Waals surface area contributed by atoms with Crippen LogP contribution in [0.15, 0.2) is 35.9 Å². The second-order valence-corrected chi connectivity index (χ2v) is 4.38. The fourth-order valence-corrected chi connectivity index (χ4v) is 2.20. The molecule has 0 saturated heterocycles. The molecule has 0 spiro atoms. The second-order valence-electron chi connectivity index (χ2n) is 4.38. The van der Waals surface area contributed by atoms with Crippen LogP contribution in [0.25, 0.3) is 5.57 Å². The number of Topliss-reactive ketones (excluding diaryl/α,β-unsaturated/α-hetero) is 1. The fourth-order valence-electron chi connectivity index (χ4n) is 2.20. The summed E-state index contributed by atoms with van der Waals surface area (Å²) in [5, 5.41) is 0. The number of carbonyl (C=O) groups is 2. The molecule has 0 aromatic heterocycles. The van der Waals surface area contributed by atoms with Gasteiger partial charge in [0.1, 0.15) is 6.61 Å². The largest absolute Gasteiger partial charge is 0.461 e. The third-order valence-corrected chi connectivity index (χ3v) is 3.07. The number of carbonyl (C=O) groups excluding carboxylic acids is 2. The number of ether oxygens (including phenoxy) is 1. The molecule has 18 heavy (non-hydrogen) atoms. The number of hydrogen-bond donors (Lipinski definition) is 0. The van der Waals surface area contributed by atoms with Crippen LogP contribution >= 0.6 is 0 Å². The van der Waals surface area contributed by atoms with E-state index < -0.39 is 0 Å². The SMILES string of the molecule is CC(=O)OCC1=C(c2ccccc2)CCCC1=O. The maximum absolute atomic E-state index is 11.9. The molecule has 0 amide bonds. The van der Waals surface area contributed by atoms with Gasteiger partial charge < -0.3 is 4.74 Å². The number of ketones is 1. The smallest absolute Gasteiger partial charge is 0.302 e. The first-order valence-corrected chi connectivity index (χ1v) is 6.12. The zero-order valence-corrected chi connectivity index (χ0v) is 10.4. The number of allylic oxidation sites excluding steroid dienone is 1. The molecule has 0 fully saturated rings. The van der Waals surface area contributed by atoms with Crippen molar-refractivity contribution in [2.75, 3.05) is 6.61 Å². The highest BCUT2D eigenvalue weighted by atomic mass is 16.5. The molecule has 0 radical (unpaired) electrons. The summed E-state index contributed by atoms with van der Waals surface area (Å²) in [5.41, 5.74) is 2.73. The van der Waals surface area contributed by atoms with E-state index in [1.54, 1.807) is 0 Å². The molecular formula is C15H16O3. The summed E-state index contributed by atoms with van der Waals surface area (Å²) in [4.78, 5) is 22.8. The molecule has 1 aromatic carbocycles. The molecule has 94 valence electrons. The lowest BCUT2D eigenvalue weighted by molar-refractivity contribution is -0.140. The molecule has 0 heterocycles. The van der Waals surface area contributed by atoms with Gasteiger partial charge in [-0.15, -0.1) is 0 Å². The molecule has 0 atom stereocenters. The molecule has 2 rings (SSSR count). The van der Waals surface area contributed by atoms with Crippen molar-refractivity contribution in [3.8, 4) is 0 Å². The van der Waals surface area contributed by atoms with Crippen molar-refractivity contribution in [3.63, 3.8) is 0 Å². The summed E-state index contributed by atoms with van der Waals surface area (Å²) < 4.78 is 4.99. The van der Waals surface area contributed by atoms with Crippen molar-refractivity contribution in [2.24, 2.45) is 0 Å². The van der Waals surface area contributed by atoms with Crippen LogP contribution in [0.2, 0.25) is 0 Å². The number of esters is 1. The average Bonchev–Trinajstić information content (AvgIpc) is 2.38. The van der Waals surface area contributed by atoms with Gasteiger partial charge >= 0.3 is 5.97 Å². The zero-order valence-electron chi connectivity index (χ0n) is 10.4.